The molecule has 0 aromatic rings. The van der Waals surface area contributed by atoms with Gasteiger partial charge in [0.05, 0.1) is 13.8 Å². The summed E-state index contributed by atoms with van der Waals surface area (Å²) in [7, 11) is 1.32. The Morgan fingerprint density at radius 1 is 1.65 bits per heavy atom. The zero-order valence-electron chi connectivity index (χ0n) is 9.80. The molecule has 6 nitrogen and oxygen atoms in total. The van der Waals surface area contributed by atoms with E-state index in [4.69, 9.17) is 0 Å². The molecule has 0 bridgehead atoms. The Kier molecular flexibility index (Phi) is 4.61. The fraction of sp³-hybridized carbons (Fsp3) is 0.600. The second-order valence-corrected chi connectivity index (χ2v) is 3.82. The van der Waals surface area contributed by atoms with Crippen LogP contribution in [0.3, 0.4) is 0 Å². The van der Waals surface area contributed by atoms with Gasteiger partial charge < -0.3 is 15.0 Å². The fourth-order valence-corrected chi connectivity index (χ4v) is 1.91. The molecular weight excluding hydrogens is 337 g/mol. The molecule has 0 radical (unpaired) electrons. The first-order chi connectivity index (χ1) is 7.65. The molecule has 1 atom stereocenters. The smallest absolute Gasteiger partial charge is 0.328 e. The summed E-state index contributed by atoms with van der Waals surface area (Å²) in [6.45, 7) is 3.42. The van der Waals surface area contributed by atoms with Crippen molar-refractivity contribution in [2.45, 2.75) is 19.4 Å². The van der Waals surface area contributed by atoms with E-state index < -0.39 is 12.0 Å². The first-order valence-corrected chi connectivity index (χ1v) is 5.26. The van der Waals surface area contributed by atoms with Gasteiger partial charge in [0.25, 0.3) is 0 Å². The largest absolute Gasteiger partial charge is 0.467 e. The molecule has 2 rings (SSSR count). The van der Waals surface area contributed by atoms with Crippen molar-refractivity contribution in [3.63, 3.8) is 0 Å². The lowest BCUT2D eigenvalue weighted by molar-refractivity contribution is -0.143. The summed E-state index contributed by atoms with van der Waals surface area (Å²) in [4.78, 5) is 26.7. The average molecular weight is 353 g/mol. The fourth-order valence-electron chi connectivity index (χ4n) is 1.91. The van der Waals surface area contributed by atoms with Crippen molar-refractivity contribution < 1.29 is 14.3 Å². The maximum Gasteiger partial charge on any atom is 0.328 e. The van der Waals surface area contributed by atoms with Gasteiger partial charge in [0.2, 0.25) is 0 Å². The summed E-state index contributed by atoms with van der Waals surface area (Å²) in [6.07, 6.45) is 2.42. The molecule has 0 unspecified atom stereocenters. The van der Waals surface area contributed by atoms with Gasteiger partial charge in [0.15, 0.2) is 0 Å². The van der Waals surface area contributed by atoms with E-state index in [-0.39, 0.29) is 30.0 Å². The second-order valence-electron chi connectivity index (χ2n) is 3.82. The Morgan fingerprint density at radius 2 is 2.35 bits per heavy atom. The zero-order valence-corrected chi connectivity index (χ0v) is 12.1. The van der Waals surface area contributed by atoms with Crippen LogP contribution >= 0.6 is 24.0 Å². The predicted molar refractivity (Wildman–Crippen MR) is 71.5 cm³/mol. The minimum atomic E-state index is -0.559. The highest BCUT2D eigenvalue weighted by Crippen LogP contribution is 2.24. The van der Waals surface area contributed by atoms with Crippen LogP contribution in [-0.4, -0.2) is 48.2 Å². The summed E-state index contributed by atoms with van der Waals surface area (Å²) in [5.74, 6) is -0.399. The summed E-state index contributed by atoms with van der Waals surface area (Å²) in [6, 6.07) is -0.791. The number of halogens is 1. The Labute approximate surface area is 117 Å². The van der Waals surface area contributed by atoms with Crippen molar-refractivity contribution in [2.24, 2.45) is 0 Å². The molecule has 2 heterocycles. The molecule has 0 aromatic carbocycles. The molecule has 1 saturated heterocycles. The topological polar surface area (TPSA) is 61.9 Å². The average Bonchev–Trinajstić information content (AvgIpc) is 2.71. The lowest BCUT2D eigenvalue weighted by atomic mass is 10.1. The van der Waals surface area contributed by atoms with Crippen molar-refractivity contribution in [2.75, 3.05) is 20.3 Å². The van der Waals surface area contributed by atoms with Gasteiger partial charge in [-0.2, -0.15) is 0 Å². The number of hydrogen-bond acceptors (Lipinski definition) is 4. The Bertz CT molecular complexity index is 359. The maximum atomic E-state index is 11.7. The van der Waals surface area contributed by atoms with Gasteiger partial charge in [0, 0.05) is 24.9 Å². The number of nitrogens with zero attached hydrogens (tertiary/aromatic N) is 2. The summed E-state index contributed by atoms with van der Waals surface area (Å²) in [5.41, 5.74) is 0.876. The molecule has 2 aliphatic rings. The van der Waals surface area contributed by atoms with Crippen molar-refractivity contribution in [1.82, 2.24) is 15.1 Å². The van der Waals surface area contributed by atoms with Crippen LogP contribution in [0.25, 0.3) is 0 Å². The number of rotatable bonds is 2. The number of carbonyl (C=O) groups excluding carboxylic acids is 2. The molecule has 1 N–H and O–H groups in total. The quantitative estimate of drug-likeness (QED) is 0.586. The van der Waals surface area contributed by atoms with Crippen LogP contribution in [-0.2, 0) is 9.53 Å². The van der Waals surface area contributed by atoms with Crippen LogP contribution in [0.4, 0.5) is 4.79 Å². The number of methoxy groups -OCH3 is 1. The number of urea groups is 1. The Morgan fingerprint density at radius 3 is 2.94 bits per heavy atom. The second kappa shape index (κ2) is 5.56. The van der Waals surface area contributed by atoms with Crippen LogP contribution in [0.1, 0.15) is 13.3 Å². The van der Waals surface area contributed by atoms with Gasteiger partial charge in [-0.15, -0.1) is 24.0 Å². The Balaban J connectivity index is 0.00000144. The van der Waals surface area contributed by atoms with E-state index in [1.807, 2.05) is 18.0 Å². The third-order valence-electron chi connectivity index (χ3n) is 2.85. The summed E-state index contributed by atoms with van der Waals surface area (Å²) < 4.78 is 4.63. The van der Waals surface area contributed by atoms with E-state index in [1.165, 1.54) is 7.11 Å². The van der Waals surface area contributed by atoms with E-state index in [9.17, 15) is 9.59 Å². The van der Waals surface area contributed by atoms with E-state index in [2.05, 4.69) is 10.1 Å². The lowest BCUT2D eigenvalue weighted by Gasteiger charge is -2.30. The number of hydrogen-bond donors (Lipinski definition) is 1. The van der Waals surface area contributed by atoms with Gasteiger partial charge in [-0.3, -0.25) is 4.90 Å². The highest BCUT2D eigenvalue weighted by Gasteiger charge is 2.36. The molecule has 1 fully saturated rings. The van der Waals surface area contributed by atoms with Gasteiger partial charge in [0.1, 0.15) is 6.04 Å². The summed E-state index contributed by atoms with van der Waals surface area (Å²) >= 11 is 0. The number of esters is 1. The van der Waals surface area contributed by atoms with Crippen molar-refractivity contribution in [1.29, 1.82) is 0 Å². The highest BCUT2D eigenvalue weighted by atomic mass is 127. The van der Waals surface area contributed by atoms with Crippen LogP contribution in [0.5, 0.6) is 0 Å². The van der Waals surface area contributed by atoms with E-state index in [0.29, 0.717) is 13.1 Å². The maximum absolute atomic E-state index is 11.7. The number of amides is 2. The molecule has 0 saturated carbocycles. The van der Waals surface area contributed by atoms with Gasteiger partial charge in [-0.05, 0) is 6.92 Å². The van der Waals surface area contributed by atoms with Crippen LogP contribution in [0.15, 0.2) is 11.9 Å². The highest BCUT2D eigenvalue weighted by molar-refractivity contribution is 14.0. The normalized spacial score (nSPS) is 22.4. The molecule has 0 aromatic heterocycles. The molecule has 0 aliphatic carbocycles. The van der Waals surface area contributed by atoms with Crippen molar-refractivity contribution >= 4 is 36.0 Å². The van der Waals surface area contributed by atoms with Gasteiger partial charge in [-0.1, -0.05) is 0 Å². The number of fused-ring (bicyclic) bond motifs is 1. The molecule has 0 spiro atoms. The Hall–Kier alpha value is -0.990. The van der Waals surface area contributed by atoms with E-state index >= 15 is 0 Å². The minimum absolute atomic E-state index is 0. The standard InChI is InChI=1S/C10H15N3O3.HI/c1-3-12-5-7-4-8(9(14)16-2)11-10(15)13(7)6-12;/h5,8H,3-4,6H2,1-2H3,(H,11,15);1H/t8-;/m0./s1. The predicted octanol–water partition coefficient (Wildman–Crippen LogP) is 0.696. The number of carbonyl (C=O) groups is 2. The van der Waals surface area contributed by atoms with Crippen molar-refractivity contribution in [3.8, 4) is 0 Å². The molecule has 2 aliphatic heterocycles. The number of nitrogens with one attached hydrogen (secondary N) is 1. The van der Waals surface area contributed by atoms with E-state index in [0.717, 1.165) is 12.2 Å². The molecule has 96 valence electrons. The van der Waals surface area contributed by atoms with Gasteiger partial charge >= 0.3 is 12.0 Å². The third-order valence-corrected chi connectivity index (χ3v) is 2.85. The minimum Gasteiger partial charge on any atom is -0.467 e. The molecular formula is C10H16IN3O3. The number of ether oxygens (including phenoxy) is 1. The molecule has 7 heteroatoms. The first kappa shape index (κ1) is 14.1. The first-order valence-electron chi connectivity index (χ1n) is 5.26. The summed E-state index contributed by atoms with van der Waals surface area (Å²) in [5, 5.41) is 2.63. The monoisotopic (exact) mass is 353 g/mol. The van der Waals surface area contributed by atoms with Crippen LogP contribution < -0.4 is 5.32 Å². The van der Waals surface area contributed by atoms with Crippen LogP contribution in [0.2, 0.25) is 0 Å². The van der Waals surface area contributed by atoms with Crippen molar-refractivity contribution in [3.05, 3.63) is 11.9 Å². The molecule has 2 amide bonds. The van der Waals surface area contributed by atoms with Crippen LogP contribution in [0, 0.1) is 0 Å². The zero-order chi connectivity index (χ0) is 11.7. The lowest BCUT2D eigenvalue weighted by Crippen LogP contribution is -2.53. The SMILES string of the molecule is CCN1C=C2C[C@@H](C(=O)OC)NC(=O)N2C1.I. The van der Waals surface area contributed by atoms with Gasteiger partial charge in [-0.25, -0.2) is 9.59 Å². The molecule has 17 heavy (non-hydrogen) atoms. The van der Waals surface area contributed by atoms with E-state index in [1.54, 1.807) is 4.90 Å². The third kappa shape index (κ3) is 2.64.